The number of aryl methyl sites for hydroxylation is 2. The standard InChI is InChI=1S/C25H30N2O3S.C2H4O.CH2O/c1-17(6-5-13-26-18(2)31)27(3)23-14-21-7-4-8-22(21)15-24(23)30-16-19-9-11-20(12-10-19)25(28)29;1-2-3;1-2/h5,9-15,17H,4,6-8,16H2,1-3H3,(H,26,31)(H,28,29);2H,1H3;1H2/b13-5-;;. The summed E-state index contributed by atoms with van der Waals surface area (Å²) >= 11 is 5.04. The van der Waals surface area contributed by atoms with E-state index in [9.17, 15) is 4.79 Å². The van der Waals surface area contributed by atoms with Crippen LogP contribution < -0.4 is 15.0 Å². The first-order valence-electron chi connectivity index (χ1n) is 11.7. The lowest BCUT2D eigenvalue weighted by atomic mass is 10.1. The van der Waals surface area contributed by atoms with Crippen molar-refractivity contribution in [2.75, 3.05) is 11.9 Å². The minimum absolute atomic E-state index is 0.278. The molecule has 2 aromatic carbocycles. The van der Waals surface area contributed by atoms with Gasteiger partial charge in [0, 0.05) is 13.1 Å². The number of thiocarbonyl (C=S) groups is 1. The van der Waals surface area contributed by atoms with Gasteiger partial charge in [0.1, 0.15) is 25.4 Å². The number of fused-ring (bicyclic) bond motifs is 1. The van der Waals surface area contributed by atoms with Crippen LogP contribution in [0, 0.1) is 0 Å². The molecule has 7 nitrogen and oxygen atoms in total. The van der Waals surface area contributed by atoms with Gasteiger partial charge in [0.15, 0.2) is 0 Å². The van der Waals surface area contributed by atoms with Crippen molar-refractivity contribution < 1.29 is 24.2 Å². The minimum Gasteiger partial charge on any atom is -0.487 e. The van der Waals surface area contributed by atoms with Crippen molar-refractivity contribution in [1.82, 2.24) is 5.32 Å². The van der Waals surface area contributed by atoms with Crippen molar-refractivity contribution in [2.24, 2.45) is 0 Å². The van der Waals surface area contributed by atoms with E-state index in [1.807, 2.05) is 19.9 Å². The Morgan fingerprint density at radius 1 is 1.22 bits per heavy atom. The average Bonchev–Trinajstić information content (AvgIpc) is 3.33. The largest absolute Gasteiger partial charge is 0.487 e. The third-order valence-corrected chi connectivity index (χ3v) is 5.81. The summed E-state index contributed by atoms with van der Waals surface area (Å²) in [6.45, 7) is 7.89. The molecule has 2 N–H and O–H groups in total. The second-order valence-electron chi connectivity index (χ2n) is 8.27. The fourth-order valence-corrected chi connectivity index (χ4v) is 3.79. The van der Waals surface area contributed by atoms with Crippen molar-refractivity contribution in [3.8, 4) is 5.75 Å². The lowest BCUT2D eigenvalue weighted by molar-refractivity contribution is -0.106. The van der Waals surface area contributed by atoms with Crippen molar-refractivity contribution in [3.63, 3.8) is 0 Å². The van der Waals surface area contributed by atoms with E-state index >= 15 is 0 Å². The van der Waals surface area contributed by atoms with Crippen LogP contribution in [0.15, 0.2) is 48.7 Å². The average molecular weight is 513 g/mol. The summed E-state index contributed by atoms with van der Waals surface area (Å²) in [5.74, 6) is -0.0526. The molecule has 0 radical (unpaired) electrons. The topological polar surface area (TPSA) is 95.9 Å². The summed E-state index contributed by atoms with van der Waals surface area (Å²) in [6, 6.07) is 11.6. The van der Waals surface area contributed by atoms with E-state index in [2.05, 4.69) is 42.4 Å². The van der Waals surface area contributed by atoms with Gasteiger partial charge in [-0.1, -0.05) is 30.4 Å². The molecular weight excluding hydrogens is 476 g/mol. The molecule has 0 aliphatic heterocycles. The van der Waals surface area contributed by atoms with E-state index in [4.69, 9.17) is 31.7 Å². The summed E-state index contributed by atoms with van der Waals surface area (Å²) in [5, 5.41) is 12.1. The van der Waals surface area contributed by atoms with Gasteiger partial charge in [0.25, 0.3) is 0 Å². The van der Waals surface area contributed by atoms with Gasteiger partial charge < -0.3 is 29.6 Å². The Morgan fingerprint density at radius 3 is 2.36 bits per heavy atom. The van der Waals surface area contributed by atoms with Gasteiger partial charge >= 0.3 is 5.97 Å². The predicted molar refractivity (Wildman–Crippen MR) is 148 cm³/mol. The van der Waals surface area contributed by atoms with Crippen LogP contribution >= 0.6 is 12.2 Å². The van der Waals surface area contributed by atoms with E-state index in [0.29, 0.717) is 6.61 Å². The maximum Gasteiger partial charge on any atom is 0.335 e. The highest BCUT2D eigenvalue weighted by atomic mass is 32.1. The normalized spacial score (nSPS) is 12.2. The van der Waals surface area contributed by atoms with Crippen molar-refractivity contribution in [3.05, 3.63) is 70.9 Å². The zero-order valence-electron chi connectivity index (χ0n) is 21.5. The number of carbonyl (C=O) groups is 3. The maximum absolute atomic E-state index is 11.1. The van der Waals surface area contributed by atoms with E-state index in [0.717, 1.165) is 47.5 Å². The van der Waals surface area contributed by atoms with Crippen molar-refractivity contribution in [2.45, 2.75) is 59.1 Å². The van der Waals surface area contributed by atoms with Crippen LogP contribution in [0.5, 0.6) is 5.75 Å². The lowest BCUT2D eigenvalue weighted by Gasteiger charge is -2.29. The zero-order chi connectivity index (χ0) is 27.1. The molecule has 0 bridgehead atoms. The van der Waals surface area contributed by atoms with E-state index < -0.39 is 5.97 Å². The minimum atomic E-state index is -0.922. The number of hydrogen-bond acceptors (Lipinski definition) is 6. The highest BCUT2D eigenvalue weighted by molar-refractivity contribution is 7.80. The van der Waals surface area contributed by atoms with Crippen LogP contribution in [0.2, 0.25) is 0 Å². The van der Waals surface area contributed by atoms with Crippen LogP contribution in [0.25, 0.3) is 0 Å². The quantitative estimate of drug-likeness (QED) is 0.352. The monoisotopic (exact) mass is 512 g/mol. The molecular formula is C28H36N2O5S. The molecule has 0 saturated heterocycles. The van der Waals surface area contributed by atoms with Crippen LogP contribution in [-0.4, -0.2) is 42.2 Å². The Morgan fingerprint density at radius 2 is 1.81 bits per heavy atom. The second kappa shape index (κ2) is 16.2. The molecule has 3 rings (SSSR count). The number of nitrogens with one attached hydrogen (secondary N) is 1. The third-order valence-electron chi connectivity index (χ3n) is 5.69. The smallest absolute Gasteiger partial charge is 0.335 e. The number of aromatic carboxylic acids is 1. The number of carbonyl (C=O) groups excluding carboxylic acids is 2. The molecule has 0 heterocycles. The first kappa shape index (κ1) is 30.5. The Kier molecular flexibility index (Phi) is 13.7. The third kappa shape index (κ3) is 9.62. The van der Waals surface area contributed by atoms with Gasteiger partial charge in [-0.15, -0.1) is 0 Å². The fourth-order valence-electron chi connectivity index (χ4n) is 3.72. The van der Waals surface area contributed by atoms with Gasteiger partial charge in [0.05, 0.1) is 16.2 Å². The SMILES string of the molecule is C=O.CC(=S)N/C=C\CC(C)N(C)c1cc2c(cc1OCc1ccc(C(=O)O)cc1)CCC2.CC=O. The van der Waals surface area contributed by atoms with Gasteiger partial charge in [0.2, 0.25) is 0 Å². The molecule has 1 atom stereocenters. The number of aldehydes is 1. The van der Waals surface area contributed by atoms with E-state index in [1.54, 1.807) is 24.3 Å². The molecule has 2 aromatic rings. The van der Waals surface area contributed by atoms with E-state index in [1.165, 1.54) is 24.5 Å². The van der Waals surface area contributed by atoms with Gasteiger partial charge in [-0.25, -0.2) is 4.79 Å². The molecule has 194 valence electrons. The number of nitrogens with zero attached hydrogens (tertiary/aromatic N) is 1. The number of hydrogen-bond donors (Lipinski definition) is 2. The molecule has 0 spiro atoms. The predicted octanol–water partition coefficient (Wildman–Crippen LogP) is 5.14. The molecule has 0 aromatic heterocycles. The highest BCUT2D eigenvalue weighted by Crippen LogP contribution is 2.37. The molecule has 1 unspecified atom stereocenters. The van der Waals surface area contributed by atoms with E-state index in [-0.39, 0.29) is 11.6 Å². The van der Waals surface area contributed by atoms with Crippen LogP contribution in [-0.2, 0) is 29.0 Å². The number of carboxylic acid groups (broad SMARTS) is 1. The Labute approximate surface area is 219 Å². The Balaban J connectivity index is 0.00000120. The molecule has 0 amide bonds. The second-order valence-corrected chi connectivity index (χ2v) is 8.88. The number of anilines is 1. The summed E-state index contributed by atoms with van der Waals surface area (Å²) in [5.41, 5.74) is 5.07. The highest BCUT2D eigenvalue weighted by Gasteiger charge is 2.20. The summed E-state index contributed by atoms with van der Waals surface area (Å²) in [4.78, 5) is 30.9. The molecule has 1 aliphatic carbocycles. The molecule has 0 fully saturated rings. The number of rotatable bonds is 9. The summed E-state index contributed by atoms with van der Waals surface area (Å²) in [6.07, 6.45) is 8.99. The number of ether oxygens (including phenoxy) is 1. The summed E-state index contributed by atoms with van der Waals surface area (Å²) < 4.78 is 6.24. The van der Waals surface area contributed by atoms with Crippen LogP contribution in [0.4, 0.5) is 5.69 Å². The fraction of sp³-hybridized carbons (Fsp3) is 0.357. The van der Waals surface area contributed by atoms with Gasteiger partial charge in [-0.2, -0.15) is 0 Å². The van der Waals surface area contributed by atoms with Crippen molar-refractivity contribution >= 4 is 41.9 Å². The molecule has 0 saturated carbocycles. The Bertz CT molecular complexity index is 1040. The Hall–Kier alpha value is -3.52. The number of carboxylic acids is 1. The lowest BCUT2D eigenvalue weighted by Crippen LogP contribution is -2.29. The van der Waals surface area contributed by atoms with Gasteiger partial charge in [-0.05, 0) is 93.6 Å². The molecule has 8 heteroatoms. The van der Waals surface area contributed by atoms with Crippen LogP contribution in [0.1, 0.15) is 60.7 Å². The maximum atomic E-state index is 11.1. The van der Waals surface area contributed by atoms with Crippen molar-refractivity contribution in [1.29, 1.82) is 0 Å². The number of benzene rings is 2. The zero-order valence-corrected chi connectivity index (χ0v) is 22.3. The van der Waals surface area contributed by atoms with Crippen LogP contribution in [0.3, 0.4) is 0 Å². The van der Waals surface area contributed by atoms with Gasteiger partial charge in [-0.3, -0.25) is 0 Å². The summed E-state index contributed by atoms with van der Waals surface area (Å²) in [7, 11) is 2.10. The first-order chi connectivity index (χ1) is 17.3. The first-order valence-corrected chi connectivity index (χ1v) is 12.1. The molecule has 1 aliphatic rings. The molecule has 36 heavy (non-hydrogen) atoms.